The molecule has 1 aromatic heterocycles. The number of esters is 1. The third-order valence-electron chi connectivity index (χ3n) is 6.79. The van der Waals surface area contributed by atoms with Crippen LogP contribution in [0.25, 0.3) is 0 Å². The Bertz CT molecular complexity index is 1300. The lowest BCUT2D eigenvalue weighted by atomic mass is 10.1. The average molecular weight is 653 g/mol. The molecule has 1 fully saturated rings. The Labute approximate surface area is 242 Å². The number of ether oxygens (including phenoxy) is 3. The Hall–Kier alpha value is -2.60. The number of carbonyl (C=O) groups excluding carboxylic acids is 2. The van der Waals surface area contributed by atoms with E-state index in [2.05, 4.69) is 32.5 Å². The van der Waals surface area contributed by atoms with Crippen LogP contribution < -0.4 is 4.74 Å². The first-order valence-corrected chi connectivity index (χ1v) is 14.2. The molecule has 0 radical (unpaired) electrons. The second-order valence-corrected chi connectivity index (χ2v) is 12.4. The van der Waals surface area contributed by atoms with Crippen molar-refractivity contribution in [2.24, 2.45) is 0 Å². The molecule has 4 rings (SSSR count). The van der Waals surface area contributed by atoms with Crippen molar-refractivity contribution in [2.45, 2.75) is 65.1 Å². The Morgan fingerprint density at radius 2 is 1.95 bits per heavy atom. The first-order valence-electron chi connectivity index (χ1n) is 13.1. The molecule has 1 atom stereocenters. The van der Waals surface area contributed by atoms with E-state index >= 15 is 4.39 Å². The van der Waals surface area contributed by atoms with Gasteiger partial charge in [-0.2, -0.15) is 4.79 Å². The zero-order valence-electron chi connectivity index (χ0n) is 23.3. The Morgan fingerprint density at radius 3 is 2.54 bits per heavy atom. The van der Waals surface area contributed by atoms with E-state index in [-0.39, 0.29) is 17.8 Å². The van der Waals surface area contributed by atoms with E-state index in [0.29, 0.717) is 48.7 Å². The van der Waals surface area contributed by atoms with Gasteiger partial charge in [0.05, 0.1) is 35.0 Å². The number of rotatable bonds is 7. The Morgan fingerprint density at radius 1 is 1.23 bits per heavy atom. The lowest BCUT2D eigenvalue weighted by Crippen LogP contribution is -2.48. The molecule has 39 heavy (non-hydrogen) atoms. The smallest absolute Gasteiger partial charge is 0.482 e. The minimum absolute atomic E-state index is 0.249. The van der Waals surface area contributed by atoms with Gasteiger partial charge in [-0.1, -0.05) is 0 Å². The monoisotopic (exact) mass is 652 g/mol. The number of methoxy groups -OCH3 is 1. The van der Waals surface area contributed by atoms with Gasteiger partial charge in [0.15, 0.2) is 18.4 Å². The molecule has 0 bridgehead atoms. The molecule has 2 aromatic rings. The maximum atomic E-state index is 15.1. The molecule has 1 aliphatic carbocycles. The number of aryl methyl sites for hydroxylation is 1. The van der Waals surface area contributed by atoms with Gasteiger partial charge in [-0.05, 0) is 92.8 Å². The van der Waals surface area contributed by atoms with E-state index in [0.717, 1.165) is 27.7 Å². The summed E-state index contributed by atoms with van der Waals surface area (Å²) in [5.41, 5.74) is 2.62. The van der Waals surface area contributed by atoms with Crippen molar-refractivity contribution in [3.8, 4) is 5.75 Å². The first-order chi connectivity index (χ1) is 18.4. The van der Waals surface area contributed by atoms with Gasteiger partial charge < -0.3 is 14.2 Å². The van der Waals surface area contributed by atoms with E-state index in [1.54, 1.807) is 22.9 Å². The van der Waals surface area contributed by atoms with Crippen LogP contribution in [0.1, 0.15) is 79.7 Å². The van der Waals surface area contributed by atoms with Crippen LogP contribution in [0.4, 0.5) is 9.18 Å². The van der Waals surface area contributed by atoms with Crippen molar-refractivity contribution >= 4 is 40.4 Å². The van der Waals surface area contributed by atoms with Gasteiger partial charge in [0.25, 0.3) is 0 Å². The van der Waals surface area contributed by atoms with E-state index in [1.807, 2.05) is 34.6 Å². The standard InChI is InChI=1S/C29H36FIN3O5/c1-17-11-25(23(31)12-20(17)27(35)37-6)38-26(24-13-22(30)21(14-32-24)19-7-8-19)16-33-9-10-34(18(2)15-33)28(36)39-29(3,4)5/h11-14,19,26H,7-10,15-16H2,1-6H3/q+1/t26-/m1/s1. The van der Waals surface area contributed by atoms with Crippen LogP contribution >= 0.6 is 22.6 Å². The second kappa shape index (κ2) is 11.9. The van der Waals surface area contributed by atoms with Gasteiger partial charge in [-0.15, -0.1) is 4.58 Å². The van der Waals surface area contributed by atoms with Crippen molar-refractivity contribution < 1.29 is 32.8 Å². The summed E-state index contributed by atoms with van der Waals surface area (Å²) in [5.74, 6) is 0.146. The summed E-state index contributed by atoms with van der Waals surface area (Å²) in [4.78, 5) is 31.6. The molecule has 2 heterocycles. The SMILES string of the molecule is COC(=O)c1cc(I)c(O[C@H](CN2CC[N+](C(=O)OC(C)(C)C)=C(C)C2)c2cc(F)c(C3CC3)cn2)cc1C. The fraction of sp³-hybridized carbons (Fsp3) is 0.517. The summed E-state index contributed by atoms with van der Waals surface area (Å²) in [6.07, 6.45) is 2.67. The number of carbonyl (C=O) groups is 2. The summed E-state index contributed by atoms with van der Waals surface area (Å²) >= 11 is 2.13. The number of halogens is 2. The van der Waals surface area contributed by atoms with Gasteiger partial charge in [-0.3, -0.25) is 9.88 Å². The van der Waals surface area contributed by atoms with Crippen molar-refractivity contribution in [1.82, 2.24) is 9.88 Å². The summed E-state index contributed by atoms with van der Waals surface area (Å²) in [5, 5.41) is 0. The molecule has 210 valence electrons. The lowest BCUT2D eigenvalue weighted by Gasteiger charge is -2.29. The molecule has 1 aliphatic heterocycles. The van der Waals surface area contributed by atoms with Crippen LogP contribution in [-0.4, -0.2) is 71.1 Å². The number of amides is 1. The third kappa shape index (κ3) is 7.33. The number of benzene rings is 1. The minimum atomic E-state index is -0.578. The molecule has 10 heteroatoms. The molecular formula is C29H36FIN3O5+. The van der Waals surface area contributed by atoms with E-state index in [4.69, 9.17) is 14.2 Å². The number of aromatic nitrogens is 1. The van der Waals surface area contributed by atoms with E-state index < -0.39 is 17.7 Å². The highest BCUT2D eigenvalue weighted by Crippen LogP contribution is 2.41. The number of hydrogen-bond acceptors (Lipinski definition) is 7. The molecule has 2 aliphatic rings. The van der Waals surface area contributed by atoms with E-state index in [1.165, 1.54) is 13.2 Å². The van der Waals surface area contributed by atoms with Gasteiger partial charge in [0.1, 0.15) is 17.2 Å². The maximum Gasteiger partial charge on any atom is 0.596 e. The fourth-order valence-corrected chi connectivity index (χ4v) is 5.22. The van der Waals surface area contributed by atoms with Gasteiger partial charge >= 0.3 is 12.1 Å². The highest BCUT2D eigenvalue weighted by Gasteiger charge is 2.34. The Balaban J connectivity index is 1.60. The molecule has 0 unspecified atom stereocenters. The predicted octanol–water partition coefficient (Wildman–Crippen LogP) is 5.64. The van der Waals surface area contributed by atoms with Crippen molar-refractivity contribution in [3.05, 3.63) is 56.2 Å². The van der Waals surface area contributed by atoms with Crippen molar-refractivity contribution in [3.63, 3.8) is 0 Å². The van der Waals surface area contributed by atoms with E-state index in [9.17, 15) is 9.59 Å². The predicted molar refractivity (Wildman–Crippen MR) is 153 cm³/mol. The molecule has 1 aromatic carbocycles. The van der Waals surface area contributed by atoms with Crippen LogP contribution in [0.5, 0.6) is 5.75 Å². The van der Waals surface area contributed by atoms with Gasteiger partial charge in [-0.25, -0.2) is 9.18 Å². The third-order valence-corrected chi connectivity index (χ3v) is 7.64. The van der Waals surface area contributed by atoms with Crippen LogP contribution in [0.2, 0.25) is 0 Å². The molecule has 1 saturated carbocycles. The molecule has 0 saturated heterocycles. The van der Waals surface area contributed by atoms with Gasteiger partial charge in [0.2, 0.25) is 0 Å². The number of pyridine rings is 1. The van der Waals surface area contributed by atoms with Crippen molar-refractivity contribution in [1.29, 1.82) is 0 Å². The highest BCUT2D eigenvalue weighted by molar-refractivity contribution is 14.1. The molecular weight excluding hydrogens is 616 g/mol. The fourth-order valence-electron chi connectivity index (χ4n) is 4.62. The van der Waals surface area contributed by atoms with Crippen molar-refractivity contribution in [2.75, 3.05) is 33.3 Å². The average Bonchev–Trinajstić information content (AvgIpc) is 3.69. The maximum absolute atomic E-state index is 15.1. The normalized spacial score (nSPS) is 17.1. The molecule has 0 N–H and O–H groups in total. The summed E-state index contributed by atoms with van der Waals surface area (Å²) in [6, 6.07) is 5.01. The topological polar surface area (TPSA) is 81.0 Å². The Kier molecular flexibility index (Phi) is 8.95. The highest BCUT2D eigenvalue weighted by atomic mass is 127. The molecule has 0 spiro atoms. The first kappa shape index (κ1) is 29.4. The van der Waals surface area contributed by atoms with Gasteiger partial charge in [0, 0.05) is 25.2 Å². The number of hydrogen-bond donors (Lipinski definition) is 0. The number of nitrogens with zero attached hydrogens (tertiary/aromatic N) is 3. The molecule has 8 nitrogen and oxygen atoms in total. The van der Waals surface area contributed by atoms with Crippen LogP contribution in [0.3, 0.4) is 0 Å². The summed E-state index contributed by atoms with van der Waals surface area (Å²) < 4.78 is 34.4. The lowest BCUT2D eigenvalue weighted by molar-refractivity contribution is -0.458. The summed E-state index contributed by atoms with van der Waals surface area (Å²) in [7, 11) is 1.35. The molecule has 1 amide bonds. The van der Waals surface area contributed by atoms with Crippen LogP contribution in [0, 0.1) is 16.3 Å². The zero-order valence-corrected chi connectivity index (χ0v) is 25.5. The second-order valence-electron chi connectivity index (χ2n) is 11.2. The largest absolute Gasteiger partial charge is 0.596 e. The zero-order chi connectivity index (χ0) is 28.5. The minimum Gasteiger partial charge on any atom is -0.482 e. The van der Waals surface area contributed by atoms with Crippen LogP contribution in [-0.2, 0) is 9.47 Å². The quantitative estimate of drug-likeness (QED) is 0.218. The summed E-state index contributed by atoms with van der Waals surface area (Å²) in [6.45, 7) is 11.3. The van der Waals surface area contributed by atoms with Crippen LogP contribution in [0.15, 0.2) is 24.4 Å².